The summed E-state index contributed by atoms with van der Waals surface area (Å²) < 4.78 is 2.36. The van der Waals surface area contributed by atoms with Crippen molar-refractivity contribution in [3.8, 4) is 0 Å². The molecule has 4 heterocycles. The molecule has 0 aliphatic carbocycles. The second kappa shape index (κ2) is 7.72. The smallest absolute Gasteiger partial charge is 0.170 e. The van der Waals surface area contributed by atoms with Crippen LogP contribution in [0.5, 0.6) is 0 Å². The van der Waals surface area contributed by atoms with Crippen molar-refractivity contribution < 1.29 is 0 Å². The van der Waals surface area contributed by atoms with Crippen molar-refractivity contribution in [2.45, 2.75) is 39.4 Å². The third kappa shape index (κ3) is 3.29. The van der Waals surface area contributed by atoms with E-state index in [0.717, 1.165) is 23.9 Å². The molecule has 0 radical (unpaired) electrons. The molecule has 3 aromatic rings. The molecule has 2 atom stereocenters. The van der Waals surface area contributed by atoms with Gasteiger partial charge in [0.05, 0.1) is 17.8 Å². The van der Waals surface area contributed by atoms with Gasteiger partial charge in [-0.1, -0.05) is 12.1 Å². The number of aromatic nitrogens is 3. The molecule has 3 aromatic heterocycles. The molecule has 1 aliphatic heterocycles. The van der Waals surface area contributed by atoms with Crippen molar-refractivity contribution in [2.75, 3.05) is 6.54 Å². The second-order valence-corrected chi connectivity index (χ2v) is 7.57. The average Bonchev–Trinajstić information content (AvgIpc) is 3.20. The first-order chi connectivity index (χ1) is 13.6. The van der Waals surface area contributed by atoms with Crippen LogP contribution in [0, 0.1) is 13.8 Å². The Balaban J connectivity index is 1.75. The lowest BCUT2D eigenvalue weighted by molar-refractivity contribution is 0.329. The van der Waals surface area contributed by atoms with Crippen molar-refractivity contribution in [2.24, 2.45) is 0 Å². The third-order valence-corrected chi connectivity index (χ3v) is 5.89. The van der Waals surface area contributed by atoms with Crippen LogP contribution in [0.2, 0.25) is 0 Å². The third-order valence-electron chi connectivity index (χ3n) is 5.53. The fourth-order valence-electron chi connectivity index (χ4n) is 4.13. The Labute approximate surface area is 171 Å². The Kier molecular flexibility index (Phi) is 5.13. The topological polar surface area (TPSA) is 46.0 Å². The van der Waals surface area contributed by atoms with Gasteiger partial charge in [-0.05, 0) is 68.4 Å². The molecule has 0 saturated carbocycles. The quantitative estimate of drug-likeness (QED) is 0.668. The van der Waals surface area contributed by atoms with Gasteiger partial charge in [-0.25, -0.2) is 0 Å². The van der Waals surface area contributed by atoms with Crippen molar-refractivity contribution in [3.63, 3.8) is 0 Å². The summed E-state index contributed by atoms with van der Waals surface area (Å²) in [4.78, 5) is 11.1. The molecule has 5 nitrogen and oxygen atoms in total. The maximum Gasteiger partial charge on any atom is 0.170 e. The number of rotatable bonds is 5. The number of thiocarbonyl (C=S) groups is 1. The lowest BCUT2D eigenvalue weighted by Crippen LogP contribution is -2.29. The standard InChI is InChI=1S/C22H25N5S/c1-4-26-21(20(25-22(26)28)19-9-5-6-11-24-19)18-12-15(2)27(16(18)3)14-17-8-7-10-23-13-17/h5-13,20-21H,4,14H2,1-3H3,(H,25,28). The van der Waals surface area contributed by atoms with E-state index in [0.29, 0.717) is 0 Å². The van der Waals surface area contributed by atoms with Gasteiger partial charge < -0.3 is 14.8 Å². The van der Waals surface area contributed by atoms with Crippen LogP contribution in [0.3, 0.4) is 0 Å². The zero-order valence-electron chi connectivity index (χ0n) is 16.5. The summed E-state index contributed by atoms with van der Waals surface area (Å²) in [6.07, 6.45) is 5.59. The van der Waals surface area contributed by atoms with Crippen LogP contribution >= 0.6 is 12.2 Å². The average molecular weight is 392 g/mol. The number of nitrogens with zero attached hydrogens (tertiary/aromatic N) is 4. The van der Waals surface area contributed by atoms with Gasteiger partial charge in [0.25, 0.3) is 0 Å². The van der Waals surface area contributed by atoms with Crippen LogP contribution in [0.1, 0.15) is 47.2 Å². The lowest BCUT2D eigenvalue weighted by atomic mass is 9.97. The maximum absolute atomic E-state index is 5.65. The SMILES string of the molecule is CCN1C(=S)NC(c2ccccn2)C1c1cc(C)n(Cc2cccnc2)c1C. The summed E-state index contributed by atoms with van der Waals surface area (Å²) in [5.41, 5.74) is 6.01. The molecule has 1 fully saturated rings. The predicted octanol–water partition coefficient (Wildman–Crippen LogP) is 3.94. The van der Waals surface area contributed by atoms with Gasteiger partial charge in [0.1, 0.15) is 0 Å². The van der Waals surface area contributed by atoms with E-state index in [2.05, 4.69) is 63.7 Å². The summed E-state index contributed by atoms with van der Waals surface area (Å²) in [6.45, 7) is 8.18. The van der Waals surface area contributed by atoms with Gasteiger partial charge in [0, 0.05) is 43.1 Å². The minimum absolute atomic E-state index is 0.0426. The highest BCUT2D eigenvalue weighted by Gasteiger charge is 2.40. The van der Waals surface area contributed by atoms with Crippen molar-refractivity contribution >= 4 is 17.3 Å². The van der Waals surface area contributed by atoms with Gasteiger partial charge in [-0.2, -0.15) is 0 Å². The maximum atomic E-state index is 5.65. The molecule has 2 unspecified atom stereocenters. The molecule has 28 heavy (non-hydrogen) atoms. The van der Waals surface area contributed by atoms with Gasteiger partial charge in [0.15, 0.2) is 5.11 Å². The van der Waals surface area contributed by atoms with Crippen molar-refractivity contribution in [1.82, 2.24) is 24.8 Å². The first kappa shape index (κ1) is 18.6. The van der Waals surface area contributed by atoms with E-state index >= 15 is 0 Å². The van der Waals surface area contributed by atoms with Crippen LogP contribution in [0.15, 0.2) is 55.0 Å². The van der Waals surface area contributed by atoms with Crippen LogP contribution in [0.25, 0.3) is 0 Å². The number of hydrogen-bond acceptors (Lipinski definition) is 3. The minimum Gasteiger partial charge on any atom is -0.352 e. The van der Waals surface area contributed by atoms with Crippen LogP contribution in [-0.2, 0) is 6.54 Å². The summed E-state index contributed by atoms with van der Waals surface area (Å²) in [5, 5.41) is 4.29. The number of pyridine rings is 2. The fraction of sp³-hybridized carbons (Fsp3) is 0.318. The van der Waals surface area contributed by atoms with Crippen molar-refractivity contribution in [3.05, 3.63) is 83.2 Å². The molecule has 1 saturated heterocycles. The Bertz CT molecular complexity index is 967. The molecule has 1 N–H and O–H groups in total. The van der Waals surface area contributed by atoms with E-state index in [4.69, 9.17) is 12.2 Å². The number of likely N-dealkylation sites (N-methyl/N-ethyl adjacent to an activating group) is 1. The van der Waals surface area contributed by atoms with E-state index in [1.54, 1.807) is 0 Å². The summed E-state index contributed by atoms with van der Waals surface area (Å²) in [5.74, 6) is 0. The van der Waals surface area contributed by atoms with Crippen LogP contribution in [-0.4, -0.2) is 31.1 Å². The molecule has 0 bridgehead atoms. The van der Waals surface area contributed by atoms with E-state index in [-0.39, 0.29) is 12.1 Å². The molecule has 0 amide bonds. The Hall–Kier alpha value is -2.73. The monoisotopic (exact) mass is 391 g/mol. The van der Waals surface area contributed by atoms with Crippen LogP contribution < -0.4 is 5.32 Å². The normalized spacial score (nSPS) is 19.1. The summed E-state index contributed by atoms with van der Waals surface area (Å²) >= 11 is 5.65. The highest BCUT2D eigenvalue weighted by atomic mass is 32.1. The number of aryl methyl sites for hydroxylation is 1. The molecule has 0 spiro atoms. The van der Waals surface area contributed by atoms with E-state index < -0.39 is 0 Å². The van der Waals surface area contributed by atoms with E-state index in [1.165, 1.54) is 22.5 Å². The Morgan fingerprint density at radius 3 is 2.68 bits per heavy atom. The van der Waals surface area contributed by atoms with Crippen molar-refractivity contribution in [1.29, 1.82) is 0 Å². The fourth-order valence-corrected chi connectivity index (χ4v) is 4.50. The van der Waals surface area contributed by atoms with E-state index in [9.17, 15) is 0 Å². The molecule has 144 valence electrons. The number of nitrogens with one attached hydrogen (secondary N) is 1. The van der Waals surface area contributed by atoms with Gasteiger partial charge in [0.2, 0.25) is 0 Å². The highest BCUT2D eigenvalue weighted by Crippen LogP contribution is 2.40. The zero-order chi connectivity index (χ0) is 19.7. The molecule has 1 aliphatic rings. The Morgan fingerprint density at radius 2 is 2.00 bits per heavy atom. The molecular weight excluding hydrogens is 366 g/mol. The molecular formula is C22H25N5S. The lowest BCUT2D eigenvalue weighted by Gasteiger charge is -2.27. The highest BCUT2D eigenvalue weighted by molar-refractivity contribution is 7.80. The van der Waals surface area contributed by atoms with Gasteiger partial charge in [-0.3, -0.25) is 9.97 Å². The zero-order valence-corrected chi connectivity index (χ0v) is 17.3. The van der Waals surface area contributed by atoms with Gasteiger partial charge >= 0.3 is 0 Å². The van der Waals surface area contributed by atoms with Gasteiger partial charge in [-0.15, -0.1) is 0 Å². The summed E-state index contributed by atoms with van der Waals surface area (Å²) in [6, 6.07) is 12.6. The Morgan fingerprint density at radius 1 is 1.14 bits per heavy atom. The van der Waals surface area contributed by atoms with Crippen LogP contribution in [0.4, 0.5) is 0 Å². The first-order valence-electron chi connectivity index (χ1n) is 9.63. The molecule has 0 aromatic carbocycles. The minimum atomic E-state index is 0.0426. The molecule has 6 heteroatoms. The predicted molar refractivity (Wildman–Crippen MR) is 115 cm³/mol. The number of hydrogen-bond donors (Lipinski definition) is 1. The second-order valence-electron chi connectivity index (χ2n) is 7.19. The van der Waals surface area contributed by atoms with E-state index in [1.807, 2.05) is 36.8 Å². The first-order valence-corrected chi connectivity index (χ1v) is 10.0. The molecule has 4 rings (SSSR count). The summed E-state index contributed by atoms with van der Waals surface area (Å²) in [7, 11) is 0. The largest absolute Gasteiger partial charge is 0.352 e.